The van der Waals surface area contributed by atoms with Crippen LogP contribution in [-0.2, 0) is 0 Å². The van der Waals surface area contributed by atoms with E-state index in [9.17, 15) is 0 Å². The molecule has 2 bridgehead atoms. The second-order valence-corrected chi connectivity index (χ2v) is 4.48. The minimum Gasteiger partial charge on any atom is -0.0620 e. The van der Waals surface area contributed by atoms with E-state index in [1.54, 1.807) is 0 Å². The minimum atomic E-state index is 1.02. The average molecular weight is 138 g/mol. The molecule has 58 valence electrons. The number of fused-ring (bicyclic) bond motifs is 2. The summed E-state index contributed by atoms with van der Waals surface area (Å²) >= 11 is 0. The largest absolute Gasteiger partial charge is 0.0620 e. The topological polar surface area (TPSA) is 0 Å². The smallest absolute Gasteiger partial charge is 0.0357 e. The summed E-state index contributed by atoms with van der Waals surface area (Å²) in [5.41, 5.74) is 0. The van der Waals surface area contributed by atoms with Gasteiger partial charge in [-0.15, -0.1) is 0 Å². The van der Waals surface area contributed by atoms with Gasteiger partial charge in [-0.2, -0.15) is 0 Å². The van der Waals surface area contributed by atoms with Gasteiger partial charge in [-0.25, -0.2) is 0 Å². The molecule has 0 aromatic carbocycles. The van der Waals surface area contributed by atoms with E-state index >= 15 is 0 Å². The molecule has 0 aromatic rings. The molecule has 2 saturated carbocycles. The summed E-state index contributed by atoms with van der Waals surface area (Å²) in [5.74, 6) is 5.26. The maximum absolute atomic E-state index is 2.46. The third-order valence-corrected chi connectivity index (χ3v) is 4.36. The number of hydrogen-bond acceptors (Lipinski definition) is 0. The lowest BCUT2D eigenvalue weighted by atomic mass is 9.82. The highest BCUT2D eigenvalue weighted by Crippen LogP contribution is 2.55. The van der Waals surface area contributed by atoms with Crippen molar-refractivity contribution in [1.82, 2.24) is 0 Å². The summed E-state index contributed by atoms with van der Waals surface area (Å²) in [6.45, 7) is 7.36. The fourth-order valence-corrected chi connectivity index (χ4v) is 3.49. The Labute approximate surface area is 64.0 Å². The summed E-state index contributed by atoms with van der Waals surface area (Å²) in [7, 11) is 0. The quantitative estimate of drug-likeness (QED) is 0.483. The van der Waals surface area contributed by atoms with Gasteiger partial charge in [0.05, 0.1) is 0 Å². The summed E-state index contributed by atoms with van der Waals surface area (Å²) in [4.78, 5) is 0. The summed E-state index contributed by atoms with van der Waals surface area (Å²) in [6, 6.07) is 0. The molecule has 10 heavy (non-hydrogen) atoms. The van der Waals surface area contributed by atoms with Crippen LogP contribution in [0.2, 0.25) is 0 Å². The van der Waals surface area contributed by atoms with Crippen LogP contribution < -0.4 is 0 Å². The molecule has 2 aliphatic carbocycles. The zero-order valence-corrected chi connectivity index (χ0v) is 7.30. The molecular formula is C10H18. The van der Waals surface area contributed by atoms with Gasteiger partial charge in [0.2, 0.25) is 0 Å². The normalized spacial score (nSPS) is 59.7. The van der Waals surface area contributed by atoms with Crippen LogP contribution in [0.5, 0.6) is 0 Å². The van der Waals surface area contributed by atoms with Crippen LogP contribution in [0.25, 0.3) is 0 Å². The molecule has 0 amide bonds. The predicted octanol–water partition coefficient (Wildman–Crippen LogP) is 2.93. The number of rotatable bonds is 0. The van der Waals surface area contributed by atoms with Crippen LogP contribution in [0.15, 0.2) is 0 Å². The van der Waals surface area contributed by atoms with Crippen molar-refractivity contribution in [2.75, 3.05) is 0 Å². The molecule has 1 unspecified atom stereocenters. The van der Waals surface area contributed by atoms with Crippen LogP contribution >= 0.6 is 0 Å². The van der Waals surface area contributed by atoms with E-state index in [1.165, 1.54) is 12.8 Å². The van der Waals surface area contributed by atoms with Gasteiger partial charge in [-0.1, -0.05) is 20.8 Å². The third-order valence-electron chi connectivity index (χ3n) is 4.36. The second kappa shape index (κ2) is 1.99. The van der Waals surface area contributed by atoms with Crippen LogP contribution in [0, 0.1) is 29.6 Å². The van der Waals surface area contributed by atoms with Gasteiger partial charge < -0.3 is 0 Å². The van der Waals surface area contributed by atoms with Gasteiger partial charge >= 0.3 is 0 Å². The molecule has 2 fully saturated rings. The maximum atomic E-state index is 2.46. The van der Waals surface area contributed by atoms with Crippen molar-refractivity contribution >= 4 is 0 Å². The molecule has 5 atom stereocenters. The fourth-order valence-electron chi connectivity index (χ4n) is 3.49. The van der Waals surface area contributed by atoms with E-state index in [-0.39, 0.29) is 0 Å². The Morgan fingerprint density at radius 3 is 1.30 bits per heavy atom. The van der Waals surface area contributed by atoms with Crippen LogP contribution in [0.4, 0.5) is 0 Å². The van der Waals surface area contributed by atoms with E-state index < -0.39 is 0 Å². The molecule has 0 heteroatoms. The first-order valence-corrected chi connectivity index (χ1v) is 4.72. The third kappa shape index (κ3) is 0.627. The van der Waals surface area contributed by atoms with E-state index in [1.807, 2.05) is 0 Å². The fraction of sp³-hybridized carbons (Fsp3) is 1.00. The zero-order chi connectivity index (χ0) is 7.30. The second-order valence-electron chi connectivity index (χ2n) is 4.48. The average Bonchev–Trinajstić information content (AvgIpc) is 2.34. The van der Waals surface area contributed by atoms with Crippen molar-refractivity contribution in [3.8, 4) is 0 Å². The first kappa shape index (κ1) is 6.69. The van der Waals surface area contributed by atoms with Crippen molar-refractivity contribution in [2.24, 2.45) is 29.6 Å². The molecule has 0 heterocycles. The number of hydrogen-bond donors (Lipinski definition) is 0. The van der Waals surface area contributed by atoms with Crippen molar-refractivity contribution in [3.05, 3.63) is 0 Å². The molecule has 0 aliphatic heterocycles. The monoisotopic (exact) mass is 138 g/mol. The highest BCUT2D eigenvalue weighted by atomic mass is 14.5. The lowest BCUT2D eigenvalue weighted by Crippen LogP contribution is -2.15. The van der Waals surface area contributed by atoms with Gasteiger partial charge in [-0.05, 0) is 42.4 Å². The molecule has 0 spiro atoms. The Balaban J connectivity index is 2.21. The van der Waals surface area contributed by atoms with Crippen LogP contribution in [0.1, 0.15) is 33.6 Å². The standard InChI is InChI=1S/C10H18/c1-6-7(2)10-5-4-9(6)8(10)3/h6-10H,4-5H2,1-3H3/t6-,7+,8?,9-,10+. The molecule has 0 saturated heterocycles. The molecule has 0 radical (unpaired) electrons. The first-order chi connectivity index (χ1) is 4.72. The summed E-state index contributed by atoms with van der Waals surface area (Å²) < 4.78 is 0. The Hall–Kier alpha value is 0. The predicted molar refractivity (Wildman–Crippen MR) is 43.7 cm³/mol. The first-order valence-electron chi connectivity index (χ1n) is 4.72. The van der Waals surface area contributed by atoms with E-state index in [0.29, 0.717) is 0 Å². The summed E-state index contributed by atoms with van der Waals surface area (Å²) in [5, 5.41) is 0. The van der Waals surface area contributed by atoms with Gasteiger partial charge in [0.25, 0.3) is 0 Å². The Morgan fingerprint density at radius 1 is 0.700 bits per heavy atom. The highest BCUT2D eigenvalue weighted by Gasteiger charge is 2.47. The van der Waals surface area contributed by atoms with Crippen molar-refractivity contribution in [2.45, 2.75) is 33.6 Å². The van der Waals surface area contributed by atoms with Gasteiger partial charge in [-0.3, -0.25) is 0 Å². The van der Waals surface area contributed by atoms with E-state index in [2.05, 4.69) is 20.8 Å². The lowest BCUT2D eigenvalue weighted by molar-refractivity contribution is 0.259. The zero-order valence-electron chi connectivity index (χ0n) is 7.30. The highest BCUT2D eigenvalue weighted by molar-refractivity contribution is 4.96. The van der Waals surface area contributed by atoms with Gasteiger partial charge in [0.1, 0.15) is 0 Å². The Bertz CT molecular complexity index is 115. The molecule has 2 aliphatic rings. The Kier molecular flexibility index (Phi) is 1.33. The van der Waals surface area contributed by atoms with Crippen molar-refractivity contribution in [3.63, 3.8) is 0 Å². The molecule has 0 N–H and O–H groups in total. The van der Waals surface area contributed by atoms with Crippen molar-refractivity contribution < 1.29 is 0 Å². The minimum absolute atomic E-state index is 1.02. The lowest BCUT2D eigenvalue weighted by Gasteiger charge is -2.23. The molecule has 0 nitrogen and oxygen atoms in total. The van der Waals surface area contributed by atoms with Crippen LogP contribution in [-0.4, -0.2) is 0 Å². The van der Waals surface area contributed by atoms with Gasteiger partial charge in [0, 0.05) is 0 Å². The van der Waals surface area contributed by atoms with Crippen LogP contribution in [0.3, 0.4) is 0 Å². The van der Waals surface area contributed by atoms with E-state index in [0.717, 1.165) is 29.6 Å². The molecule has 0 aromatic heterocycles. The Morgan fingerprint density at radius 2 is 1.10 bits per heavy atom. The molecular weight excluding hydrogens is 120 g/mol. The maximum Gasteiger partial charge on any atom is -0.0357 e. The molecule has 2 rings (SSSR count). The SMILES string of the molecule is CC1[C@H]2CC[C@@H]1[C@H](C)[C@@H]2C. The van der Waals surface area contributed by atoms with Crippen molar-refractivity contribution in [1.29, 1.82) is 0 Å². The van der Waals surface area contributed by atoms with E-state index in [4.69, 9.17) is 0 Å². The van der Waals surface area contributed by atoms with Gasteiger partial charge in [0.15, 0.2) is 0 Å². The summed E-state index contributed by atoms with van der Waals surface area (Å²) in [6.07, 6.45) is 3.05.